The molecular weight excluding hydrogens is 276 g/mol. The Morgan fingerprint density at radius 2 is 2.19 bits per heavy atom. The number of nitro groups is 1. The largest absolute Gasteiger partial charge is 0.364 e. The van der Waals surface area contributed by atoms with Gasteiger partial charge in [0.1, 0.15) is 5.69 Å². The molecule has 0 saturated heterocycles. The fourth-order valence-corrected chi connectivity index (χ4v) is 2.07. The van der Waals surface area contributed by atoms with Crippen molar-refractivity contribution < 1.29 is 9.45 Å². The molecule has 0 radical (unpaired) electrons. The summed E-state index contributed by atoms with van der Waals surface area (Å²) in [4.78, 5) is 14.9. The summed E-state index contributed by atoms with van der Waals surface area (Å²) in [5.74, 6) is 1.50. The van der Waals surface area contributed by atoms with Crippen molar-refractivity contribution in [3.63, 3.8) is 0 Å². The van der Waals surface area contributed by atoms with Crippen molar-refractivity contribution >= 4 is 11.5 Å². The number of aromatic nitrogens is 4. The van der Waals surface area contributed by atoms with Gasteiger partial charge >= 0.3 is 5.69 Å². The smallest absolute Gasteiger partial charge is 0.333 e. The predicted octanol–water partition coefficient (Wildman–Crippen LogP) is 1.86. The van der Waals surface area contributed by atoms with E-state index in [0.29, 0.717) is 42.7 Å². The van der Waals surface area contributed by atoms with Crippen LogP contribution in [0.5, 0.6) is 0 Å². The van der Waals surface area contributed by atoms with Gasteiger partial charge in [-0.1, -0.05) is 12.1 Å². The minimum Gasteiger partial charge on any atom is -0.364 e. The van der Waals surface area contributed by atoms with Crippen molar-refractivity contribution in [3.05, 3.63) is 27.5 Å². The van der Waals surface area contributed by atoms with E-state index in [1.807, 2.05) is 6.92 Å². The van der Waals surface area contributed by atoms with Crippen LogP contribution in [0, 0.1) is 24.0 Å². The van der Waals surface area contributed by atoms with Gasteiger partial charge in [0, 0.05) is 26.4 Å². The summed E-state index contributed by atoms with van der Waals surface area (Å²) < 4.78 is 6.51. The van der Waals surface area contributed by atoms with Crippen molar-refractivity contribution in [3.8, 4) is 0 Å². The number of hydrogen-bond acceptors (Lipinski definition) is 7. The zero-order valence-electron chi connectivity index (χ0n) is 12.3. The number of nitrogens with one attached hydrogen (secondary N) is 1. The van der Waals surface area contributed by atoms with Gasteiger partial charge in [0.25, 0.3) is 0 Å². The van der Waals surface area contributed by atoms with Crippen molar-refractivity contribution in [2.45, 2.75) is 40.2 Å². The van der Waals surface area contributed by atoms with Crippen LogP contribution >= 0.6 is 0 Å². The van der Waals surface area contributed by atoms with Crippen LogP contribution in [0.15, 0.2) is 4.52 Å². The molecule has 0 fully saturated rings. The number of nitrogens with zero attached hydrogens (tertiary/aromatic N) is 5. The number of rotatable bonds is 7. The van der Waals surface area contributed by atoms with Gasteiger partial charge in [-0.2, -0.15) is 10.1 Å². The second-order valence-electron chi connectivity index (χ2n) is 4.67. The van der Waals surface area contributed by atoms with Crippen LogP contribution in [0.2, 0.25) is 0 Å². The fraction of sp³-hybridized carbons (Fsp3) is 0.583. The van der Waals surface area contributed by atoms with Gasteiger partial charge in [-0.05, 0) is 13.3 Å². The molecule has 1 N–H and O–H groups in total. The lowest BCUT2D eigenvalue weighted by Crippen LogP contribution is -2.12. The highest BCUT2D eigenvalue weighted by Crippen LogP contribution is 2.28. The Balaban J connectivity index is 2.11. The van der Waals surface area contributed by atoms with Crippen LogP contribution < -0.4 is 5.32 Å². The number of anilines is 1. The van der Waals surface area contributed by atoms with Gasteiger partial charge in [-0.25, -0.2) is 4.68 Å². The molecule has 2 aromatic rings. The molecule has 0 atom stereocenters. The summed E-state index contributed by atoms with van der Waals surface area (Å²) in [6, 6.07) is 0. The molecular formula is C12H18N6O3. The van der Waals surface area contributed by atoms with Crippen molar-refractivity contribution in [1.29, 1.82) is 0 Å². The second-order valence-corrected chi connectivity index (χ2v) is 4.67. The molecule has 0 spiro atoms. The molecule has 0 aliphatic heterocycles. The lowest BCUT2D eigenvalue weighted by molar-refractivity contribution is -0.384. The summed E-state index contributed by atoms with van der Waals surface area (Å²) in [5, 5.41) is 22.2. The minimum atomic E-state index is -0.407. The first-order valence-electron chi connectivity index (χ1n) is 6.77. The minimum absolute atomic E-state index is 0.0211. The Hall–Kier alpha value is -2.45. The standard InChI is InChI=1S/C12H18N6O3/c1-4-7-17-12(11(18(19)20)8(2)15-17)13-6-5-10-14-9(3)21-16-10/h13H,4-7H2,1-3H3. The maximum absolute atomic E-state index is 11.2. The second kappa shape index (κ2) is 6.33. The third kappa shape index (κ3) is 3.36. The van der Waals surface area contributed by atoms with Gasteiger partial charge < -0.3 is 9.84 Å². The van der Waals surface area contributed by atoms with Crippen LogP contribution in [0.1, 0.15) is 30.8 Å². The predicted molar refractivity (Wildman–Crippen MR) is 75.1 cm³/mol. The molecule has 21 heavy (non-hydrogen) atoms. The first kappa shape index (κ1) is 14.9. The molecule has 2 heterocycles. The van der Waals surface area contributed by atoms with E-state index in [1.54, 1.807) is 18.5 Å². The highest BCUT2D eigenvalue weighted by Gasteiger charge is 2.24. The molecule has 9 heteroatoms. The third-order valence-electron chi connectivity index (χ3n) is 2.92. The summed E-state index contributed by atoms with van der Waals surface area (Å²) in [5.41, 5.74) is 0.430. The SMILES string of the molecule is CCCn1nc(C)c([N+](=O)[O-])c1NCCc1noc(C)n1. The summed E-state index contributed by atoms with van der Waals surface area (Å²) in [6.07, 6.45) is 1.36. The highest BCUT2D eigenvalue weighted by atomic mass is 16.6. The van der Waals surface area contributed by atoms with Gasteiger partial charge in [0.15, 0.2) is 5.82 Å². The van der Waals surface area contributed by atoms with Crippen LogP contribution in [-0.2, 0) is 13.0 Å². The fourth-order valence-electron chi connectivity index (χ4n) is 2.07. The molecule has 2 rings (SSSR count). The molecule has 0 saturated carbocycles. The Bertz CT molecular complexity index is 633. The van der Waals surface area contributed by atoms with E-state index in [1.165, 1.54) is 0 Å². The van der Waals surface area contributed by atoms with E-state index in [0.717, 1.165) is 6.42 Å². The van der Waals surface area contributed by atoms with E-state index in [4.69, 9.17) is 4.52 Å². The molecule has 2 aromatic heterocycles. The first-order valence-corrected chi connectivity index (χ1v) is 6.77. The Labute approximate surface area is 121 Å². The van der Waals surface area contributed by atoms with E-state index >= 15 is 0 Å². The van der Waals surface area contributed by atoms with Crippen molar-refractivity contribution in [2.75, 3.05) is 11.9 Å². The van der Waals surface area contributed by atoms with E-state index in [9.17, 15) is 10.1 Å². The molecule has 0 bridgehead atoms. The van der Waals surface area contributed by atoms with Gasteiger partial charge in [0.05, 0.1) is 4.92 Å². The Morgan fingerprint density at radius 3 is 2.76 bits per heavy atom. The van der Waals surface area contributed by atoms with Crippen molar-refractivity contribution in [2.24, 2.45) is 0 Å². The van der Waals surface area contributed by atoms with Crippen LogP contribution in [0.25, 0.3) is 0 Å². The maximum atomic E-state index is 11.2. The van der Waals surface area contributed by atoms with E-state index in [2.05, 4.69) is 20.6 Å². The molecule has 114 valence electrons. The Morgan fingerprint density at radius 1 is 1.43 bits per heavy atom. The quantitative estimate of drug-likeness (QED) is 0.612. The monoisotopic (exact) mass is 294 g/mol. The van der Waals surface area contributed by atoms with Crippen molar-refractivity contribution in [1.82, 2.24) is 19.9 Å². The molecule has 0 aliphatic rings. The molecule has 9 nitrogen and oxygen atoms in total. The average molecular weight is 294 g/mol. The lowest BCUT2D eigenvalue weighted by Gasteiger charge is -2.07. The summed E-state index contributed by atoms with van der Waals surface area (Å²) in [6.45, 7) is 6.44. The van der Waals surface area contributed by atoms with Gasteiger partial charge in [-0.15, -0.1) is 0 Å². The lowest BCUT2D eigenvalue weighted by atomic mass is 10.3. The van der Waals surface area contributed by atoms with Crippen LogP contribution in [-0.4, -0.2) is 31.4 Å². The van der Waals surface area contributed by atoms with Gasteiger partial charge in [-0.3, -0.25) is 10.1 Å². The van der Waals surface area contributed by atoms with Crippen LogP contribution in [0.4, 0.5) is 11.5 Å². The molecule has 0 aromatic carbocycles. The maximum Gasteiger partial charge on any atom is 0.333 e. The molecule has 0 amide bonds. The number of hydrogen-bond donors (Lipinski definition) is 1. The topological polar surface area (TPSA) is 112 Å². The van der Waals surface area contributed by atoms with Gasteiger partial charge in [0.2, 0.25) is 11.7 Å². The van der Waals surface area contributed by atoms with E-state index in [-0.39, 0.29) is 5.69 Å². The zero-order chi connectivity index (χ0) is 15.4. The molecule has 0 aliphatic carbocycles. The zero-order valence-corrected chi connectivity index (χ0v) is 12.3. The van der Waals surface area contributed by atoms with Crippen LogP contribution in [0.3, 0.4) is 0 Å². The molecule has 0 unspecified atom stereocenters. The third-order valence-corrected chi connectivity index (χ3v) is 2.92. The number of aryl methyl sites for hydroxylation is 3. The normalized spacial score (nSPS) is 10.8. The first-order chi connectivity index (χ1) is 10.0. The average Bonchev–Trinajstić information content (AvgIpc) is 2.94. The Kier molecular flexibility index (Phi) is 4.51. The highest BCUT2D eigenvalue weighted by molar-refractivity contribution is 5.59. The summed E-state index contributed by atoms with van der Waals surface area (Å²) >= 11 is 0. The summed E-state index contributed by atoms with van der Waals surface area (Å²) in [7, 11) is 0. The van der Waals surface area contributed by atoms with E-state index < -0.39 is 4.92 Å².